The van der Waals surface area contributed by atoms with Crippen molar-refractivity contribution >= 4 is 17.7 Å². The summed E-state index contributed by atoms with van der Waals surface area (Å²) >= 11 is 1.45. The third-order valence-electron chi connectivity index (χ3n) is 3.02. The van der Waals surface area contributed by atoms with Gasteiger partial charge in [0, 0.05) is 18.3 Å². The number of nitrogens with one attached hydrogen (secondary N) is 1. The van der Waals surface area contributed by atoms with Gasteiger partial charge in [0.1, 0.15) is 5.75 Å². The highest BCUT2D eigenvalue weighted by Gasteiger charge is 2.12. The minimum atomic E-state index is -0.189. The standard InChI is InChI=1S/C15H17N3O2S/c1-10-12(9-17-15(18-10)21-3)14(19)16-8-11-6-4-5-7-13(11)20-2/h4-7,9H,8H2,1-3H3,(H,16,19). The van der Waals surface area contributed by atoms with Crippen LogP contribution >= 0.6 is 11.8 Å². The zero-order valence-corrected chi connectivity index (χ0v) is 13.0. The first kappa shape index (κ1) is 15.3. The van der Waals surface area contributed by atoms with Crippen molar-refractivity contribution in [1.82, 2.24) is 15.3 Å². The van der Waals surface area contributed by atoms with Crippen LogP contribution in [0.1, 0.15) is 21.6 Å². The Morgan fingerprint density at radius 1 is 1.38 bits per heavy atom. The molecule has 1 aromatic heterocycles. The summed E-state index contributed by atoms with van der Waals surface area (Å²) in [7, 11) is 1.61. The van der Waals surface area contributed by atoms with Crippen molar-refractivity contribution < 1.29 is 9.53 Å². The normalized spacial score (nSPS) is 10.2. The Balaban J connectivity index is 2.08. The molecule has 0 saturated carbocycles. The SMILES string of the molecule is COc1ccccc1CNC(=O)c1cnc(SC)nc1C. The summed E-state index contributed by atoms with van der Waals surface area (Å²) in [5.74, 6) is 0.564. The van der Waals surface area contributed by atoms with E-state index in [0.29, 0.717) is 23.0 Å². The Bertz CT molecular complexity index is 647. The topological polar surface area (TPSA) is 64.1 Å². The number of aromatic nitrogens is 2. The number of methoxy groups -OCH3 is 1. The van der Waals surface area contributed by atoms with E-state index in [1.807, 2.05) is 30.5 Å². The van der Waals surface area contributed by atoms with Crippen LogP contribution in [0.2, 0.25) is 0 Å². The zero-order valence-electron chi connectivity index (χ0n) is 12.2. The van der Waals surface area contributed by atoms with Crippen molar-refractivity contribution in [3.63, 3.8) is 0 Å². The van der Waals surface area contributed by atoms with Gasteiger partial charge >= 0.3 is 0 Å². The van der Waals surface area contributed by atoms with Crippen LogP contribution in [0, 0.1) is 6.92 Å². The molecule has 0 radical (unpaired) electrons. The Morgan fingerprint density at radius 3 is 2.81 bits per heavy atom. The Morgan fingerprint density at radius 2 is 2.14 bits per heavy atom. The van der Waals surface area contributed by atoms with E-state index in [1.54, 1.807) is 20.2 Å². The fraction of sp³-hybridized carbons (Fsp3) is 0.267. The maximum absolute atomic E-state index is 12.2. The molecule has 1 heterocycles. The number of thioether (sulfide) groups is 1. The fourth-order valence-corrected chi connectivity index (χ4v) is 2.27. The largest absolute Gasteiger partial charge is 0.496 e. The molecule has 2 rings (SSSR count). The molecule has 6 heteroatoms. The minimum absolute atomic E-state index is 0.189. The second-order valence-electron chi connectivity index (χ2n) is 4.35. The van der Waals surface area contributed by atoms with Crippen molar-refractivity contribution in [2.75, 3.05) is 13.4 Å². The number of carbonyl (C=O) groups is 1. The predicted molar refractivity (Wildman–Crippen MR) is 82.7 cm³/mol. The number of aryl methyl sites for hydroxylation is 1. The molecule has 0 saturated heterocycles. The Hall–Kier alpha value is -2.08. The monoisotopic (exact) mass is 303 g/mol. The minimum Gasteiger partial charge on any atom is -0.496 e. The van der Waals surface area contributed by atoms with Crippen molar-refractivity contribution in [2.24, 2.45) is 0 Å². The first-order valence-corrected chi connectivity index (χ1v) is 7.66. The predicted octanol–water partition coefficient (Wildman–Crippen LogP) is 2.45. The van der Waals surface area contributed by atoms with Gasteiger partial charge in [-0.25, -0.2) is 9.97 Å². The quantitative estimate of drug-likeness (QED) is 0.679. The van der Waals surface area contributed by atoms with Crippen LogP contribution in [-0.4, -0.2) is 29.2 Å². The lowest BCUT2D eigenvalue weighted by Crippen LogP contribution is -2.24. The molecule has 0 aliphatic carbocycles. The summed E-state index contributed by atoms with van der Waals surface area (Å²) < 4.78 is 5.26. The molecule has 0 atom stereocenters. The molecule has 110 valence electrons. The van der Waals surface area contributed by atoms with E-state index in [0.717, 1.165) is 11.3 Å². The summed E-state index contributed by atoms with van der Waals surface area (Å²) in [4.78, 5) is 20.6. The first-order valence-electron chi connectivity index (χ1n) is 6.43. The summed E-state index contributed by atoms with van der Waals surface area (Å²) in [5, 5.41) is 3.52. The zero-order chi connectivity index (χ0) is 15.2. The van der Waals surface area contributed by atoms with E-state index in [-0.39, 0.29) is 5.91 Å². The Kier molecular flexibility index (Phi) is 5.16. The number of benzene rings is 1. The van der Waals surface area contributed by atoms with Gasteiger partial charge in [-0.3, -0.25) is 4.79 Å². The van der Waals surface area contributed by atoms with Crippen LogP contribution in [0.5, 0.6) is 5.75 Å². The number of carbonyl (C=O) groups excluding carboxylic acids is 1. The maximum Gasteiger partial charge on any atom is 0.254 e. The number of hydrogen-bond acceptors (Lipinski definition) is 5. The third-order valence-corrected chi connectivity index (χ3v) is 3.58. The van der Waals surface area contributed by atoms with Gasteiger partial charge in [0.15, 0.2) is 5.16 Å². The smallest absolute Gasteiger partial charge is 0.254 e. The highest BCUT2D eigenvalue weighted by Crippen LogP contribution is 2.17. The van der Waals surface area contributed by atoms with E-state index in [1.165, 1.54) is 11.8 Å². The van der Waals surface area contributed by atoms with E-state index < -0.39 is 0 Å². The van der Waals surface area contributed by atoms with Gasteiger partial charge in [0.25, 0.3) is 5.91 Å². The molecule has 0 aliphatic rings. The van der Waals surface area contributed by atoms with Crippen LogP contribution in [0.25, 0.3) is 0 Å². The molecule has 5 nitrogen and oxygen atoms in total. The van der Waals surface area contributed by atoms with E-state index in [2.05, 4.69) is 15.3 Å². The van der Waals surface area contributed by atoms with Gasteiger partial charge in [-0.1, -0.05) is 30.0 Å². The van der Waals surface area contributed by atoms with Crippen molar-refractivity contribution in [3.05, 3.63) is 47.3 Å². The van der Waals surface area contributed by atoms with Crippen LogP contribution in [0.15, 0.2) is 35.6 Å². The molecule has 21 heavy (non-hydrogen) atoms. The lowest BCUT2D eigenvalue weighted by Gasteiger charge is -2.10. The van der Waals surface area contributed by atoms with Crippen molar-refractivity contribution in [3.8, 4) is 5.75 Å². The van der Waals surface area contributed by atoms with Gasteiger partial charge in [-0.15, -0.1) is 0 Å². The number of hydrogen-bond donors (Lipinski definition) is 1. The number of rotatable bonds is 5. The molecule has 0 aliphatic heterocycles. The van der Waals surface area contributed by atoms with Gasteiger partial charge in [-0.05, 0) is 19.2 Å². The molecule has 0 fully saturated rings. The van der Waals surface area contributed by atoms with Crippen LogP contribution < -0.4 is 10.1 Å². The lowest BCUT2D eigenvalue weighted by atomic mass is 10.2. The number of nitrogens with zero attached hydrogens (tertiary/aromatic N) is 2. The van der Waals surface area contributed by atoms with Gasteiger partial charge in [-0.2, -0.15) is 0 Å². The average Bonchev–Trinajstić information content (AvgIpc) is 2.52. The summed E-state index contributed by atoms with van der Waals surface area (Å²) in [6.07, 6.45) is 3.46. The molecule has 0 bridgehead atoms. The molecule has 0 unspecified atom stereocenters. The first-order chi connectivity index (χ1) is 10.2. The number of para-hydroxylation sites is 1. The van der Waals surface area contributed by atoms with Crippen LogP contribution in [-0.2, 0) is 6.54 Å². The number of amides is 1. The highest BCUT2D eigenvalue weighted by molar-refractivity contribution is 7.98. The van der Waals surface area contributed by atoms with Crippen molar-refractivity contribution in [2.45, 2.75) is 18.6 Å². The molecular formula is C15H17N3O2S. The molecule has 1 N–H and O–H groups in total. The van der Waals surface area contributed by atoms with E-state index in [9.17, 15) is 4.79 Å². The van der Waals surface area contributed by atoms with E-state index in [4.69, 9.17) is 4.74 Å². The molecule has 2 aromatic rings. The third kappa shape index (κ3) is 3.72. The summed E-state index contributed by atoms with van der Waals surface area (Å²) in [6.45, 7) is 2.20. The van der Waals surface area contributed by atoms with Crippen LogP contribution in [0.4, 0.5) is 0 Å². The molecule has 1 aromatic carbocycles. The van der Waals surface area contributed by atoms with Gasteiger partial charge in [0.2, 0.25) is 0 Å². The number of ether oxygens (including phenoxy) is 1. The van der Waals surface area contributed by atoms with E-state index >= 15 is 0 Å². The Labute approximate surface area is 128 Å². The molecule has 0 spiro atoms. The fourth-order valence-electron chi connectivity index (χ4n) is 1.89. The summed E-state index contributed by atoms with van der Waals surface area (Å²) in [5.41, 5.74) is 2.09. The maximum atomic E-state index is 12.2. The van der Waals surface area contributed by atoms with Gasteiger partial charge < -0.3 is 10.1 Å². The van der Waals surface area contributed by atoms with Crippen LogP contribution in [0.3, 0.4) is 0 Å². The molecule has 1 amide bonds. The average molecular weight is 303 g/mol. The lowest BCUT2D eigenvalue weighted by molar-refractivity contribution is 0.0949. The highest BCUT2D eigenvalue weighted by atomic mass is 32.2. The summed E-state index contributed by atoms with van der Waals surface area (Å²) in [6, 6.07) is 7.58. The second-order valence-corrected chi connectivity index (χ2v) is 5.12. The van der Waals surface area contributed by atoms with Gasteiger partial charge in [0.05, 0.1) is 18.4 Å². The molecular weight excluding hydrogens is 286 g/mol. The van der Waals surface area contributed by atoms with Crippen molar-refractivity contribution in [1.29, 1.82) is 0 Å². The second kappa shape index (κ2) is 7.08.